The highest BCUT2D eigenvalue weighted by Gasteiger charge is 2.03. The van der Waals surface area contributed by atoms with Crippen molar-refractivity contribution in [1.29, 1.82) is 0 Å². The number of nitrogens with zero attached hydrogens (tertiary/aromatic N) is 1. The predicted octanol–water partition coefficient (Wildman–Crippen LogP) is 2.59. The quantitative estimate of drug-likeness (QED) is 0.810. The van der Waals surface area contributed by atoms with E-state index < -0.39 is 0 Å². The van der Waals surface area contributed by atoms with Crippen LogP contribution in [0.25, 0.3) is 0 Å². The van der Waals surface area contributed by atoms with E-state index in [-0.39, 0.29) is 0 Å². The summed E-state index contributed by atoms with van der Waals surface area (Å²) >= 11 is 0. The summed E-state index contributed by atoms with van der Waals surface area (Å²) in [5.74, 6) is 0.618. The molecule has 0 fully saturated rings. The number of aromatic nitrogens is 1. The number of nitrogen functional groups attached to an aromatic ring is 1. The second kappa shape index (κ2) is 5.40. The van der Waals surface area contributed by atoms with Crippen LogP contribution in [0.5, 0.6) is 5.88 Å². The van der Waals surface area contributed by atoms with Crippen LogP contribution in [-0.4, -0.2) is 12.1 Å². The fourth-order valence-electron chi connectivity index (χ4n) is 1.79. The number of aryl methyl sites for hydroxylation is 1. The van der Waals surface area contributed by atoms with Crippen molar-refractivity contribution in [1.82, 2.24) is 4.98 Å². The summed E-state index contributed by atoms with van der Waals surface area (Å²) in [6.07, 6.45) is 1.73. The van der Waals surface area contributed by atoms with Crippen LogP contribution in [0.3, 0.4) is 0 Å². The molecule has 1 aromatic heterocycles. The zero-order chi connectivity index (χ0) is 13.0. The summed E-state index contributed by atoms with van der Waals surface area (Å²) in [7, 11) is 1.61. The molecule has 0 saturated heterocycles. The van der Waals surface area contributed by atoms with Gasteiger partial charge in [-0.3, -0.25) is 0 Å². The van der Waals surface area contributed by atoms with E-state index in [1.165, 1.54) is 0 Å². The Hall–Kier alpha value is -2.23. The Morgan fingerprint density at radius 3 is 2.89 bits per heavy atom. The van der Waals surface area contributed by atoms with Gasteiger partial charge in [0.1, 0.15) is 0 Å². The summed E-state index contributed by atoms with van der Waals surface area (Å²) in [5, 5.41) is 3.34. The van der Waals surface area contributed by atoms with Crippen molar-refractivity contribution in [2.24, 2.45) is 0 Å². The number of hydrogen-bond acceptors (Lipinski definition) is 4. The van der Waals surface area contributed by atoms with Gasteiger partial charge in [0.05, 0.1) is 18.5 Å². The number of methoxy groups -OCH3 is 1. The van der Waals surface area contributed by atoms with Crippen molar-refractivity contribution in [3.8, 4) is 5.88 Å². The lowest BCUT2D eigenvalue weighted by Crippen LogP contribution is -2.04. The van der Waals surface area contributed by atoms with Gasteiger partial charge in [-0.2, -0.15) is 0 Å². The van der Waals surface area contributed by atoms with Crippen molar-refractivity contribution in [2.75, 3.05) is 18.2 Å². The molecule has 4 nitrogen and oxygen atoms in total. The number of benzene rings is 1. The molecular formula is C14H17N3O. The standard InChI is InChI=1S/C14H17N3O/c1-10-4-3-5-12(15)14(10)17-9-11-6-7-16-13(8-11)18-2/h3-8,17H,9,15H2,1-2H3. The van der Waals surface area contributed by atoms with Gasteiger partial charge in [-0.05, 0) is 30.2 Å². The first-order valence-corrected chi connectivity index (χ1v) is 5.78. The summed E-state index contributed by atoms with van der Waals surface area (Å²) in [6, 6.07) is 9.73. The van der Waals surface area contributed by atoms with Crippen molar-refractivity contribution >= 4 is 11.4 Å². The van der Waals surface area contributed by atoms with Crippen molar-refractivity contribution < 1.29 is 4.74 Å². The zero-order valence-electron chi connectivity index (χ0n) is 10.6. The molecule has 94 valence electrons. The van der Waals surface area contributed by atoms with Crippen LogP contribution in [0.4, 0.5) is 11.4 Å². The molecule has 0 aliphatic rings. The highest BCUT2D eigenvalue weighted by molar-refractivity contribution is 5.69. The fraction of sp³-hybridized carbons (Fsp3) is 0.214. The average Bonchev–Trinajstić information content (AvgIpc) is 2.38. The first kappa shape index (κ1) is 12.2. The van der Waals surface area contributed by atoms with Gasteiger partial charge in [0, 0.05) is 18.8 Å². The van der Waals surface area contributed by atoms with Gasteiger partial charge < -0.3 is 15.8 Å². The molecule has 0 amide bonds. The van der Waals surface area contributed by atoms with E-state index in [2.05, 4.69) is 10.3 Å². The molecule has 0 aliphatic heterocycles. The number of hydrogen-bond donors (Lipinski definition) is 2. The lowest BCUT2D eigenvalue weighted by atomic mass is 10.1. The summed E-state index contributed by atoms with van der Waals surface area (Å²) < 4.78 is 5.09. The lowest BCUT2D eigenvalue weighted by molar-refractivity contribution is 0.397. The first-order valence-electron chi connectivity index (χ1n) is 5.78. The number of rotatable bonds is 4. The van der Waals surface area contributed by atoms with Crippen LogP contribution >= 0.6 is 0 Å². The van der Waals surface area contributed by atoms with Crippen LogP contribution < -0.4 is 15.8 Å². The summed E-state index contributed by atoms with van der Waals surface area (Å²) in [6.45, 7) is 2.72. The monoisotopic (exact) mass is 243 g/mol. The van der Waals surface area contributed by atoms with E-state index in [0.29, 0.717) is 12.4 Å². The summed E-state index contributed by atoms with van der Waals surface area (Å²) in [5.41, 5.74) is 9.92. The molecular weight excluding hydrogens is 226 g/mol. The smallest absolute Gasteiger partial charge is 0.213 e. The molecule has 3 N–H and O–H groups in total. The molecule has 0 unspecified atom stereocenters. The molecule has 0 bridgehead atoms. The minimum Gasteiger partial charge on any atom is -0.481 e. The Balaban J connectivity index is 2.11. The predicted molar refractivity (Wildman–Crippen MR) is 73.7 cm³/mol. The SMILES string of the molecule is COc1cc(CNc2c(C)cccc2N)ccn1. The molecule has 0 atom stereocenters. The van der Waals surface area contributed by atoms with Gasteiger partial charge in [0.25, 0.3) is 0 Å². The summed E-state index contributed by atoms with van der Waals surface area (Å²) in [4.78, 5) is 4.07. The van der Waals surface area contributed by atoms with Gasteiger partial charge in [-0.1, -0.05) is 12.1 Å². The maximum absolute atomic E-state index is 5.94. The minimum atomic E-state index is 0.618. The number of nitrogens with one attached hydrogen (secondary N) is 1. The molecule has 18 heavy (non-hydrogen) atoms. The largest absolute Gasteiger partial charge is 0.481 e. The highest BCUT2D eigenvalue weighted by atomic mass is 16.5. The second-order valence-corrected chi connectivity index (χ2v) is 4.10. The van der Waals surface area contributed by atoms with E-state index in [0.717, 1.165) is 22.5 Å². The van der Waals surface area contributed by atoms with Gasteiger partial charge in [0.15, 0.2) is 0 Å². The van der Waals surface area contributed by atoms with Crippen LogP contribution in [0.15, 0.2) is 36.5 Å². The lowest BCUT2D eigenvalue weighted by Gasteiger charge is -2.12. The normalized spacial score (nSPS) is 10.1. The maximum Gasteiger partial charge on any atom is 0.213 e. The molecule has 2 rings (SSSR count). The van der Waals surface area contributed by atoms with Crippen LogP contribution in [-0.2, 0) is 6.54 Å². The van der Waals surface area contributed by atoms with Gasteiger partial charge in [-0.15, -0.1) is 0 Å². The number of pyridine rings is 1. The number of ether oxygens (including phenoxy) is 1. The first-order chi connectivity index (χ1) is 8.70. The van der Waals surface area contributed by atoms with Gasteiger partial charge in [0.2, 0.25) is 5.88 Å². The van der Waals surface area contributed by atoms with Crippen molar-refractivity contribution in [3.05, 3.63) is 47.7 Å². The molecule has 1 heterocycles. The van der Waals surface area contributed by atoms with Crippen LogP contribution in [0.2, 0.25) is 0 Å². The number of anilines is 2. The highest BCUT2D eigenvalue weighted by Crippen LogP contribution is 2.23. The van der Waals surface area contributed by atoms with Crippen LogP contribution in [0, 0.1) is 6.92 Å². The van der Waals surface area contributed by atoms with Crippen LogP contribution in [0.1, 0.15) is 11.1 Å². The third kappa shape index (κ3) is 2.71. The van der Waals surface area contributed by atoms with E-state index in [1.807, 2.05) is 37.3 Å². The molecule has 1 aromatic carbocycles. The molecule has 0 radical (unpaired) electrons. The van der Waals surface area contributed by atoms with Gasteiger partial charge >= 0.3 is 0 Å². The molecule has 2 aromatic rings. The average molecular weight is 243 g/mol. The maximum atomic E-state index is 5.94. The topological polar surface area (TPSA) is 60.2 Å². The van der Waals surface area contributed by atoms with E-state index in [4.69, 9.17) is 10.5 Å². The Kier molecular flexibility index (Phi) is 3.67. The molecule has 4 heteroatoms. The Morgan fingerprint density at radius 1 is 1.33 bits per heavy atom. The Morgan fingerprint density at radius 2 is 2.17 bits per heavy atom. The van der Waals surface area contributed by atoms with E-state index >= 15 is 0 Å². The molecule has 0 saturated carbocycles. The number of nitrogens with two attached hydrogens (primary N) is 1. The second-order valence-electron chi connectivity index (χ2n) is 4.10. The minimum absolute atomic E-state index is 0.618. The van der Waals surface area contributed by atoms with E-state index in [1.54, 1.807) is 13.3 Å². The van der Waals surface area contributed by atoms with E-state index in [9.17, 15) is 0 Å². The van der Waals surface area contributed by atoms with Gasteiger partial charge in [-0.25, -0.2) is 4.98 Å². The number of para-hydroxylation sites is 1. The Labute approximate surface area is 107 Å². The third-order valence-electron chi connectivity index (χ3n) is 2.78. The fourth-order valence-corrected chi connectivity index (χ4v) is 1.79. The Bertz CT molecular complexity index is 520. The van der Waals surface area contributed by atoms with Crippen molar-refractivity contribution in [3.63, 3.8) is 0 Å². The zero-order valence-corrected chi connectivity index (χ0v) is 10.6. The molecule has 0 aliphatic carbocycles. The van der Waals surface area contributed by atoms with Crippen molar-refractivity contribution in [2.45, 2.75) is 13.5 Å². The third-order valence-corrected chi connectivity index (χ3v) is 2.78. The molecule has 0 spiro atoms.